The number of hydrogen-bond acceptors (Lipinski definition) is 3. The maximum absolute atomic E-state index is 6.07. The third-order valence-corrected chi connectivity index (χ3v) is 3.12. The summed E-state index contributed by atoms with van der Waals surface area (Å²) in [6, 6.07) is 0.623. The summed E-state index contributed by atoms with van der Waals surface area (Å²) in [5.74, 6) is 0. The highest BCUT2D eigenvalue weighted by Gasteiger charge is 2.23. The molecule has 1 N–H and O–H groups in total. The molecule has 1 saturated heterocycles. The van der Waals surface area contributed by atoms with E-state index in [1.54, 1.807) is 0 Å². The summed E-state index contributed by atoms with van der Waals surface area (Å²) in [5, 5.41) is 4.09. The molecule has 0 atom stereocenters. The number of rotatable bonds is 1. The monoisotopic (exact) mass is 201 g/mol. The van der Waals surface area contributed by atoms with Crippen LogP contribution >= 0.6 is 11.6 Å². The Morgan fingerprint density at radius 1 is 1.38 bits per heavy atom. The fourth-order valence-corrected chi connectivity index (χ4v) is 2.35. The van der Waals surface area contributed by atoms with Gasteiger partial charge >= 0.3 is 0 Å². The number of nitrogens with one attached hydrogen (secondary N) is 1. The van der Waals surface area contributed by atoms with E-state index in [1.807, 2.05) is 0 Å². The zero-order chi connectivity index (χ0) is 9.10. The topological polar surface area (TPSA) is 27.6 Å². The first-order chi connectivity index (χ1) is 6.38. The van der Waals surface area contributed by atoms with E-state index in [9.17, 15) is 0 Å². The smallest absolute Gasteiger partial charge is 0.194 e. The molecule has 3 nitrogen and oxygen atoms in total. The first-order valence-electron chi connectivity index (χ1n) is 5.05. The highest BCUT2D eigenvalue weighted by Crippen LogP contribution is 2.17. The van der Waals surface area contributed by atoms with Crippen LogP contribution in [-0.4, -0.2) is 42.4 Å². The average Bonchev–Trinajstić information content (AvgIpc) is 2.20. The van der Waals surface area contributed by atoms with Crippen molar-refractivity contribution in [1.29, 1.82) is 0 Å². The van der Waals surface area contributed by atoms with Crippen LogP contribution < -0.4 is 5.32 Å². The van der Waals surface area contributed by atoms with Gasteiger partial charge in [-0.1, -0.05) is 0 Å². The molecule has 0 radical (unpaired) electrons. The Labute approximate surface area is 84.2 Å². The van der Waals surface area contributed by atoms with Gasteiger partial charge in [-0.3, -0.25) is 4.99 Å². The minimum atomic E-state index is 0.623. The SMILES string of the molecule is ClC1=NCCCN1C1CCNCC1. The molecular formula is C9H16ClN3. The second-order valence-corrected chi connectivity index (χ2v) is 4.02. The summed E-state index contributed by atoms with van der Waals surface area (Å²) in [6.45, 7) is 4.23. The number of nitrogens with zero attached hydrogens (tertiary/aromatic N) is 2. The Hall–Kier alpha value is -0.280. The predicted molar refractivity (Wildman–Crippen MR) is 55.4 cm³/mol. The van der Waals surface area contributed by atoms with E-state index in [0.717, 1.165) is 37.9 Å². The lowest BCUT2D eigenvalue weighted by Crippen LogP contribution is -2.46. The summed E-state index contributed by atoms with van der Waals surface area (Å²) in [5.41, 5.74) is 0. The minimum absolute atomic E-state index is 0.623. The molecule has 2 aliphatic heterocycles. The molecule has 0 aliphatic carbocycles. The third kappa shape index (κ3) is 2.15. The lowest BCUT2D eigenvalue weighted by Gasteiger charge is -2.36. The van der Waals surface area contributed by atoms with Crippen molar-refractivity contribution in [3.8, 4) is 0 Å². The van der Waals surface area contributed by atoms with E-state index in [4.69, 9.17) is 11.6 Å². The molecule has 0 amide bonds. The Balaban J connectivity index is 1.97. The standard InChI is InChI=1S/C9H16ClN3/c10-9-12-4-1-7-13(9)8-2-5-11-6-3-8/h8,11H,1-7H2. The van der Waals surface area contributed by atoms with Crippen molar-refractivity contribution in [2.24, 2.45) is 4.99 Å². The van der Waals surface area contributed by atoms with Crippen LogP contribution in [0.1, 0.15) is 19.3 Å². The summed E-state index contributed by atoms with van der Waals surface area (Å²) < 4.78 is 0. The molecule has 0 bridgehead atoms. The van der Waals surface area contributed by atoms with E-state index in [2.05, 4.69) is 15.2 Å². The number of amidine groups is 1. The fraction of sp³-hybridized carbons (Fsp3) is 0.889. The molecule has 2 rings (SSSR count). The van der Waals surface area contributed by atoms with Crippen molar-refractivity contribution < 1.29 is 0 Å². The van der Waals surface area contributed by atoms with E-state index in [-0.39, 0.29) is 0 Å². The van der Waals surface area contributed by atoms with Crippen LogP contribution in [-0.2, 0) is 0 Å². The zero-order valence-corrected chi connectivity index (χ0v) is 8.56. The van der Waals surface area contributed by atoms with Crippen LogP contribution in [0.15, 0.2) is 4.99 Å². The Morgan fingerprint density at radius 2 is 2.15 bits per heavy atom. The van der Waals surface area contributed by atoms with Crippen molar-refractivity contribution in [2.75, 3.05) is 26.2 Å². The van der Waals surface area contributed by atoms with E-state index in [1.165, 1.54) is 12.8 Å². The minimum Gasteiger partial charge on any atom is -0.344 e. The van der Waals surface area contributed by atoms with Gasteiger partial charge < -0.3 is 10.2 Å². The van der Waals surface area contributed by atoms with Gasteiger partial charge in [0.1, 0.15) is 0 Å². The van der Waals surface area contributed by atoms with Gasteiger partial charge in [0.25, 0.3) is 0 Å². The van der Waals surface area contributed by atoms with Crippen molar-refractivity contribution in [3.05, 3.63) is 0 Å². The molecule has 74 valence electrons. The first kappa shape index (κ1) is 9.28. The van der Waals surface area contributed by atoms with E-state index >= 15 is 0 Å². The molecule has 0 unspecified atom stereocenters. The second kappa shape index (κ2) is 4.29. The second-order valence-electron chi connectivity index (χ2n) is 3.68. The molecule has 13 heavy (non-hydrogen) atoms. The summed E-state index contributed by atoms with van der Waals surface area (Å²) in [4.78, 5) is 6.54. The fourth-order valence-electron chi connectivity index (χ4n) is 2.05. The molecule has 0 saturated carbocycles. The van der Waals surface area contributed by atoms with Crippen LogP contribution in [0.5, 0.6) is 0 Å². The van der Waals surface area contributed by atoms with Crippen LogP contribution in [0.25, 0.3) is 0 Å². The van der Waals surface area contributed by atoms with Crippen molar-refractivity contribution in [1.82, 2.24) is 10.2 Å². The molecule has 1 fully saturated rings. The number of aliphatic imine (C=N–C) groups is 1. The first-order valence-corrected chi connectivity index (χ1v) is 5.43. The van der Waals surface area contributed by atoms with E-state index in [0.29, 0.717) is 6.04 Å². The van der Waals surface area contributed by atoms with Crippen LogP contribution in [0.4, 0.5) is 0 Å². The van der Waals surface area contributed by atoms with Crippen LogP contribution in [0, 0.1) is 0 Å². The third-order valence-electron chi connectivity index (χ3n) is 2.79. The maximum atomic E-state index is 6.07. The van der Waals surface area contributed by atoms with Gasteiger partial charge in [-0.05, 0) is 44.0 Å². The largest absolute Gasteiger partial charge is 0.344 e. The van der Waals surface area contributed by atoms with Gasteiger partial charge in [-0.25, -0.2) is 0 Å². The molecule has 2 aliphatic rings. The van der Waals surface area contributed by atoms with Crippen LogP contribution in [0.3, 0.4) is 0 Å². The molecule has 0 spiro atoms. The highest BCUT2D eigenvalue weighted by molar-refractivity contribution is 6.64. The van der Waals surface area contributed by atoms with Gasteiger partial charge in [0.15, 0.2) is 5.29 Å². The van der Waals surface area contributed by atoms with Gasteiger partial charge in [0.05, 0.1) is 0 Å². The average molecular weight is 202 g/mol. The number of piperidine rings is 1. The highest BCUT2D eigenvalue weighted by atomic mass is 35.5. The zero-order valence-electron chi connectivity index (χ0n) is 7.80. The van der Waals surface area contributed by atoms with Gasteiger partial charge in [-0.15, -0.1) is 0 Å². The molecule has 0 aromatic rings. The van der Waals surface area contributed by atoms with Crippen molar-refractivity contribution >= 4 is 16.9 Å². The van der Waals surface area contributed by atoms with Crippen LogP contribution in [0.2, 0.25) is 0 Å². The Kier molecular flexibility index (Phi) is 3.06. The number of halogens is 1. The lowest BCUT2D eigenvalue weighted by molar-refractivity contribution is 0.247. The summed E-state index contributed by atoms with van der Waals surface area (Å²) >= 11 is 6.07. The lowest BCUT2D eigenvalue weighted by atomic mass is 10.0. The number of hydrogen-bond donors (Lipinski definition) is 1. The molecular weight excluding hydrogens is 186 g/mol. The maximum Gasteiger partial charge on any atom is 0.194 e. The molecule has 0 aromatic carbocycles. The molecule has 0 aromatic heterocycles. The summed E-state index contributed by atoms with van der Waals surface area (Å²) in [6.07, 6.45) is 3.55. The van der Waals surface area contributed by atoms with E-state index < -0.39 is 0 Å². The normalized spacial score (nSPS) is 25.9. The van der Waals surface area contributed by atoms with Crippen molar-refractivity contribution in [3.63, 3.8) is 0 Å². The van der Waals surface area contributed by atoms with Gasteiger partial charge in [0.2, 0.25) is 0 Å². The van der Waals surface area contributed by atoms with Crippen molar-refractivity contribution in [2.45, 2.75) is 25.3 Å². The van der Waals surface area contributed by atoms with Gasteiger partial charge in [0, 0.05) is 19.1 Å². The van der Waals surface area contributed by atoms with Gasteiger partial charge in [-0.2, -0.15) is 0 Å². The molecule has 4 heteroatoms. The Bertz CT molecular complexity index is 199. The Morgan fingerprint density at radius 3 is 2.85 bits per heavy atom. The summed E-state index contributed by atoms with van der Waals surface area (Å²) in [7, 11) is 0. The predicted octanol–water partition coefficient (Wildman–Crippen LogP) is 1.04. The quantitative estimate of drug-likeness (QED) is 0.642. The molecule has 2 heterocycles.